The summed E-state index contributed by atoms with van der Waals surface area (Å²) >= 11 is 0. The van der Waals surface area contributed by atoms with E-state index in [1.165, 1.54) is 199 Å². The summed E-state index contributed by atoms with van der Waals surface area (Å²) in [5, 5.41) is 0. The van der Waals surface area contributed by atoms with Crippen molar-refractivity contribution in [3.63, 3.8) is 0 Å². The van der Waals surface area contributed by atoms with Crippen molar-refractivity contribution in [3.05, 3.63) is 47.1 Å². The lowest BCUT2D eigenvalue weighted by Crippen LogP contribution is -2.41. The minimum atomic E-state index is 0.649. The second-order valence-electron chi connectivity index (χ2n) is 42.0. The highest BCUT2D eigenvalue weighted by Gasteiger charge is 2.58. The number of hydrogen-bond acceptors (Lipinski definition) is 0. The predicted molar refractivity (Wildman–Crippen MR) is 401 cm³/mol. The first kappa shape index (κ1) is 72.2. The number of rotatable bonds is 0. The topological polar surface area (TPSA) is 0 Å². The maximum atomic E-state index is 2.60. The molecule has 524 valence electrons. The first-order chi connectivity index (χ1) is 43.4. The molecule has 0 aliphatic heterocycles. The summed E-state index contributed by atoms with van der Waals surface area (Å²) in [5.41, 5.74) is 9.95. The summed E-state index contributed by atoms with van der Waals surface area (Å²) < 4.78 is 0. The van der Waals surface area contributed by atoms with Gasteiger partial charge in [0.25, 0.3) is 0 Å². The molecule has 13 fully saturated rings. The molecule has 17 aliphatic rings. The average Bonchev–Trinajstić information content (AvgIpc) is 1.60. The van der Waals surface area contributed by atoms with Crippen molar-refractivity contribution in [2.24, 2.45) is 168 Å². The number of allylic oxidation sites excluding steroid dienone is 8. The zero-order valence-corrected chi connectivity index (χ0v) is 65.0. The molecule has 6 bridgehead atoms. The van der Waals surface area contributed by atoms with Gasteiger partial charge in [-0.15, -0.1) is 0 Å². The Balaban J connectivity index is 0.000000110. The van der Waals surface area contributed by atoms with Gasteiger partial charge in [-0.1, -0.05) is 216 Å². The first-order valence-electron chi connectivity index (χ1n) is 42.1. The standard InChI is InChI=1S/C14H26.C14H24.C13H22.C13H20.C13H24.C13H22.C12H18/c2*1-10-5-6-14(4)9-12(3)11(2)8-13(14)7-10;2*1-9-5-6-13(2)11-4-3-10(8-11)12(13)7-9;2*1-10-4-6-13(3)7-5-11(2)9-12(13)8-10;1-12-7-3-2-4-11(12)9-5-6-10(12)8-9/h10-13H,5-9H2,1-4H3;10,13H,5-9H2,1-4H3;9-12H,3-8H2,1-2H3;3-4,9-12H,5-8H2,1-2H3;10-12H,4-9H2,1-3H3;4,11-12H,5-9H2,1-3H3;5-6,9-11H,2-4,7-8H2,1H3. The second-order valence-corrected chi connectivity index (χ2v) is 42.0. The summed E-state index contributed by atoms with van der Waals surface area (Å²) in [6.07, 6.45) is 66.0. The van der Waals surface area contributed by atoms with Crippen molar-refractivity contribution in [1.82, 2.24) is 0 Å². The van der Waals surface area contributed by atoms with Gasteiger partial charge in [0.2, 0.25) is 0 Å². The van der Waals surface area contributed by atoms with E-state index in [4.69, 9.17) is 0 Å². The van der Waals surface area contributed by atoms with Crippen molar-refractivity contribution >= 4 is 0 Å². The van der Waals surface area contributed by atoms with Gasteiger partial charge in [0, 0.05) is 0 Å². The van der Waals surface area contributed by atoms with Crippen molar-refractivity contribution in [2.45, 2.75) is 363 Å². The smallest absolute Gasteiger partial charge is 0.0171 e. The molecule has 0 heteroatoms. The van der Waals surface area contributed by atoms with Gasteiger partial charge in [-0.05, 0) is 362 Å². The van der Waals surface area contributed by atoms with E-state index in [9.17, 15) is 0 Å². The Labute approximate surface area is 574 Å². The largest absolute Gasteiger partial charge is 0.0850 e. The molecule has 0 aromatic rings. The molecule has 13 saturated carbocycles. The summed E-state index contributed by atoms with van der Waals surface area (Å²) in [6, 6.07) is 0. The van der Waals surface area contributed by atoms with Crippen LogP contribution in [0.2, 0.25) is 0 Å². The number of hydrogen-bond donors (Lipinski definition) is 0. The summed E-state index contributed by atoms with van der Waals surface area (Å²) in [7, 11) is 0. The molecule has 17 rings (SSSR count). The van der Waals surface area contributed by atoms with Crippen molar-refractivity contribution in [1.29, 1.82) is 0 Å². The van der Waals surface area contributed by atoms with Crippen LogP contribution in [0.1, 0.15) is 363 Å². The van der Waals surface area contributed by atoms with Crippen LogP contribution in [0, 0.1) is 168 Å². The van der Waals surface area contributed by atoms with Gasteiger partial charge in [-0.3, -0.25) is 0 Å². The van der Waals surface area contributed by atoms with Crippen molar-refractivity contribution in [2.75, 3.05) is 0 Å². The van der Waals surface area contributed by atoms with Crippen LogP contribution in [-0.4, -0.2) is 0 Å². The van der Waals surface area contributed by atoms with E-state index in [1.807, 2.05) is 0 Å². The summed E-state index contributed by atoms with van der Waals surface area (Å²) in [6.45, 7) is 46.9. The molecule has 0 heterocycles. The third-order valence-corrected chi connectivity index (χ3v) is 34.9. The summed E-state index contributed by atoms with van der Waals surface area (Å²) in [5.74, 6) is 22.2. The zero-order chi connectivity index (χ0) is 65.9. The van der Waals surface area contributed by atoms with Crippen LogP contribution >= 0.6 is 0 Å². The Bertz CT molecular complexity index is 2530. The minimum absolute atomic E-state index is 0.649. The van der Waals surface area contributed by atoms with Crippen LogP contribution in [0.5, 0.6) is 0 Å². The first-order valence-corrected chi connectivity index (χ1v) is 42.1. The van der Waals surface area contributed by atoms with Crippen LogP contribution < -0.4 is 0 Å². The van der Waals surface area contributed by atoms with Crippen LogP contribution in [0.25, 0.3) is 0 Å². The number of fused-ring (bicyclic) bond motifs is 19. The van der Waals surface area contributed by atoms with Crippen LogP contribution in [-0.2, 0) is 0 Å². The monoisotopic (exact) mass is 1260 g/mol. The van der Waals surface area contributed by atoms with Crippen LogP contribution in [0.3, 0.4) is 0 Å². The van der Waals surface area contributed by atoms with Crippen molar-refractivity contribution < 1.29 is 0 Å². The van der Waals surface area contributed by atoms with E-state index < -0.39 is 0 Å². The molecule has 0 aromatic carbocycles. The Morgan fingerprint density at radius 3 is 1.38 bits per heavy atom. The quantitative estimate of drug-likeness (QED) is 0.212. The molecule has 92 heavy (non-hydrogen) atoms. The van der Waals surface area contributed by atoms with Gasteiger partial charge < -0.3 is 0 Å². The SMILES string of the molecule is CC12CCCCC1C1C=CC2C1.CC1=C(C)CC2(C)CCC(C)CC2C1.CC1=CCC2(C)CCC(C)CC2C1.CC1CCC2(C)C3C=CC(C3)C2C1.CC1CCC2(C)C3CCC(C3)C2C1.CC1CCC2(C)CC(C)C(C)CC2C1.CC1CCC2(C)CCC(C)CC2C1. The predicted octanol–water partition coefficient (Wildman–Crippen LogP) is 28.4. The third kappa shape index (κ3) is 15.3. The van der Waals surface area contributed by atoms with Crippen LogP contribution in [0.4, 0.5) is 0 Å². The fourth-order valence-electron chi connectivity index (χ4n) is 27.2. The maximum Gasteiger partial charge on any atom is -0.0171 e. The Kier molecular flexibility index (Phi) is 22.7. The minimum Gasteiger partial charge on any atom is -0.0850 e. The average molecular weight is 1260 g/mol. The van der Waals surface area contributed by atoms with E-state index in [-0.39, 0.29) is 0 Å². The van der Waals surface area contributed by atoms with Gasteiger partial charge in [0.1, 0.15) is 0 Å². The molecule has 0 nitrogen and oxygen atoms in total. The lowest BCUT2D eigenvalue weighted by Gasteiger charge is -2.51. The molecular weight excluding hydrogens is 1110 g/mol. The van der Waals surface area contributed by atoms with Crippen molar-refractivity contribution in [3.8, 4) is 0 Å². The van der Waals surface area contributed by atoms with E-state index in [2.05, 4.69) is 162 Å². The van der Waals surface area contributed by atoms with Gasteiger partial charge in [0.05, 0.1) is 0 Å². The molecular formula is C92H156. The van der Waals surface area contributed by atoms with E-state index in [1.54, 1.807) is 48.8 Å². The molecule has 0 saturated heterocycles. The van der Waals surface area contributed by atoms with Gasteiger partial charge in [-0.2, -0.15) is 0 Å². The highest BCUT2D eigenvalue weighted by molar-refractivity contribution is 5.21. The molecule has 0 spiro atoms. The normalized spacial score (nSPS) is 52.5. The second kappa shape index (κ2) is 28.9. The van der Waals surface area contributed by atoms with Gasteiger partial charge in [-0.25, -0.2) is 0 Å². The molecule has 0 amide bonds. The molecule has 27 unspecified atom stereocenters. The highest BCUT2D eigenvalue weighted by Crippen LogP contribution is 2.67. The highest BCUT2D eigenvalue weighted by atomic mass is 14.6. The van der Waals surface area contributed by atoms with Gasteiger partial charge in [0.15, 0.2) is 0 Å². The lowest BCUT2D eigenvalue weighted by molar-refractivity contribution is -0.00643. The lowest BCUT2D eigenvalue weighted by atomic mass is 9.54. The van der Waals surface area contributed by atoms with E-state index in [0.717, 1.165) is 146 Å². The fraction of sp³-hybridized carbons (Fsp3) is 0.913. The van der Waals surface area contributed by atoms with E-state index in [0.29, 0.717) is 21.7 Å². The third-order valence-electron chi connectivity index (χ3n) is 34.9. The maximum absolute atomic E-state index is 2.60. The van der Waals surface area contributed by atoms with E-state index >= 15 is 0 Å². The Hall–Kier alpha value is -1.04. The molecule has 17 aliphatic carbocycles. The van der Waals surface area contributed by atoms with Gasteiger partial charge >= 0.3 is 0 Å². The van der Waals surface area contributed by atoms with Crippen LogP contribution in [0.15, 0.2) is 47.1 Å². The summed E-state index contributed by atoms with van der Waals surface area (Å²) in [4.78, 5) is 0. The molecule has 0 aromatic heterocycles. The molecule has 0 radical (unpaired) electrons. The fourth-order valence-corrected chi connectivity index (χ4v) is 27.2. The Morgan fingerprint density at radius 2 is 0.793 bits per heavy atom. The molecule has 0 N–H and O–H groups in total. The molecule has 27 atom stereocenters. The Morgan fingerprint density at radius 1 is 0.326 bits per heavy atom. The zero-order valence-electron chi connectivity index (χ0n) is 65.0.